The van der Waals surface area contributed by atoms with Gasteiger partial charge in [0.25, 0.3) is 0 Å². The van der Waals surface area contributed by atoms with Gasteiger partial charge in [-0.15, -0.1) is 0 Å². The summed E-state index contributed by atoms with van der Waals surface area (Å²) in [4.78, 5) is 11.6. The fraction of sp³-hybridized carbons (Fsp3) is 0.353. The third-order valence-electron chi connectivity index (χ3n) is 3.94. The molecule has 0 N–H and O–H groups in total. The number of carbonyl (C=O) groups is 1. The number of ketones is 1. The Morgan fingerprint density at radius 1 is 1.15 bits per heavy atom. The molecule has 104 valence electrons. The average Bonchev–Trinajstić information content (AvgIpc) is 2.85. The Labute approximate surface area is 127 Å². The van der Waals surface area contributed by atoms with Crippen molar-refractivity contribution in [1.82, 2.24) is 0 Å². The zero-order valence-corrected chi connectivity index (χ0v) is 12.9. The fourth-order valence-corrected chi connectivity index (χ4v) is 3.18. The zero-order chi connectivity index (χ0) is 13.9. The summed E-state index contributed by atoms with van der Waals surface area (Å²) >= 11 is 3.47. The van der Waals surface area contributed by atoms with Crippen molar-refractivity contribution in [2.75, 3.05) is 6.61 Å². The third kappa shape index (κ3) is 3.04. The minimum atomic E-state index is 0.228. The number of hydrogen-bond donors (Lipinski definition) is 0. The van der Waals surface area contributed by atoms with Crippen LogP contribution < -0.4 is 4.74 Å². The van der Waals surface area contributed by atoms with Crippen LogP contribution in [0.1, 0.15) is 25.7 Å². The van der Waals surface area contributed by atoms with Crippen LogP contribution in [0, 0.1) is 5.92 Å². The maximum absolute atomic E-state index is 11.6. The van der Waals surface area contributed by atoms with Crippen molar-refractivity contribution in [3.05, 3.63) is 40.9 Å². The lowest BCUT2D eigenvalue weighted by Gasteiger charge is -2.10. The van der Waals surface area contributed by atoms with Gasteiger partial charge in [0.15, 0.2) is 0 Å². The van der Waals surface area contributed by atoms with Crippen LogP contribution in [-0.2, 0) is 4.79 Å². The summed E-state index contributed by atoms with van der Waals surface area (Å²) in [6.45, 7) is 0.623. The number of benzene rings is 2. The van der Waals surface area contributed by atoms with E-state index in [0.29, 0.717) is 12.4 Å². The molecule has 1 aliphatic rings. The molecule has 0 amide bonds. The van der Waals surface area contributed by atoms with E-state index in [2.05, 4.69) is 40.2 Å². The molecule has 0 aromatic heterocycles. The molecule has 0 spiro atoms. The van der Waals surface area contributed by atoms with Crippen molar-refractivity contribution in [3.63, 3.8) is 0 Å². The molecular formula is C17H17BrO2. The molecule has 0 radical (unpaired) electrons. The van der Waals surface area contributed by atoms with Crippen LogP contribution >= 0.6 is 15.9 Å². The Morgan fingerprint density at radius 3 is 2.75 bits per heavy atom. The second-order valence-corrected chi connectivity index (χ2v) is 6.26. The van der Waals surface area contributed by atoms with Gasteiger partial charge in [-0.25, -0.2) is 0 Å². The van der Waals surface area contributed by atoms with E-state index >= 15 is 0 Å². The summed E-state index contributed by atoms with van der Waals surface area (Å²) in [5.41, 5.74) is 0. The largest absolute Gasteiger partial charge is 0.494 e. The van der Waals surface area contributed by atoms with Gasteiger partial charge >= 0.3 is 0 Å². The summed E-state index contributed by atoms with van der Waals surface area (Å²) in [6.07, 6.45) is 3.69. The van der Waals surface area contributed by atoms with Gasteiger partial charge < -0.3 is 4.74 Å². The van der Waals surface area contributed by atoms with Gasteiger partial charge in [-0.1, -0.05) is 28.1 Å². The molecule has 1 atom stereocenters. The number of carbonyl (C=O) groups excluding carboxylic acids is 1. The third-order valence-corrected chi connectivity index (χ3v) is 4.43. The molecular weight excluding hydrogens is 316 g/mol. The van der Waals surface area contributed by atoms with Crippen molar-refractivity contribution in [3.8, 4) is 5.75 Å². The molecule has 2 aromatic rings. The number of rotatable bonds is 4. The van der Waals surface area contributed by atoms with Crippen molar-refractivity contribution >= 4 is 32.5 Å². The Kier molecular flexibility index (Phi) is 4.06. The maximum atomic E-state index is 11.6. The van der Waals surface area contributed by atoms with Crippen molar-refractivity contribution in [2.45, 2.75) is 25.7 Å². The van der Waals surface area contributed by atoms with Crippen LogP contribution in [0.25, 0.3) is 10.8 Å². The maximum Gasteiger partial charge on any atom is 0.136 e. The molecule has 1 aliphatic carbocycles. The lowest BCUT2D eigenvalue weighted by atomic mass is 10.0. The SMILES string of the molecule is O=C1CCCC1CCOc1ccc2cc(Br)ccc2c1. The first-order valence-corrected chi connectivity index (χ1v) is 7.86. The highest BCUT2D eigenvalue weighted by Gasteiger charge is 2.23. The Morgan fingerprint density at radius 2 is 1.95 bits per heavy atom. The van der Waals surface area contributed by atoms with Crippen molar-refractivity contribution < 1.29 is 9.53 Å². The normalized spacial score (nSPS) is 18.6. The van der Waals surface area contributed by atoms with Crippen LogP contribution in [-0.4, -0.2) is 12.4 Å². The molecule has 0 saturated heterocycles. The summed E-state index contributed by atoms with van der Waals surface area (Å²) in [6, 6.07) is 12.3. The molecule has 2 aromatic carbocycles. The first kappa shape index (κ1) is 13.6. The molecule has 2 nitrogen and oxygen atoms in total. The molecule has 20 heavy (non-hydrogen) atoms. The van der Waals surface area contributed by atoms with Gasteiger partial charge in [0.05, 0.1) is 6.61 Å². The predicted octanol–water partition coefficient (Wildman–Crippen LogP) is 4.74. The highest BCUT2D eigenvalue weighted by molar-refractivity contribution is 9.10. The molecule has 1 fully saturated rings. The molecule has 1 unspecified atom stereocenters. The van der Waals surface area contributed by atoms with Gasteiger partial charge in [0.1, 0.15) is 11.5 Å². The molecule has 3 rings (SSSR count). The van der Waals surface area contributed by atoms with Crippen LogP contribution in [0.3, 0.4) is 0 Å². The smallest absolute Gasteiger partial charge is 0.136 e. The fourth-order valence-electron chi connectivity index (χ4n) is 2.80. The van der Waals surface area contributed by atoms with Gasteiger partial charge in [-0.05, 0) is 54.3 Å². The van der Waals surface area contributed by atoms with E-state index in [1.807, 2.05) is 12.1 Å². The summed E-state index contributed by atoms with van der Waals surface area (Å²) < 4.78 is 6.87. The molecule has 0 heterocycles. The lowest BCUT2D eigenvalue weighted by Crippen LogP contribution is -2.11. The molecule has 0 aliphatic heterocycles. The van der Waals surface area contributed by atoms with Gasteiger partial charge in [-0.2, -0.15) is 0 Å². The summed E-state index contributed by atoms with van der Waals surface area (Å²) in [5, 5.41) is 2.36. The van der Waals surface area contributed by atoms with E-state index in [4.69, 9.17) is 4.74 Å². The van der Waals surface area contributed by atoms with E-state index < -0.39 is 0 Å². The van der Waals surface area contributed by atoms with Gasteiger partial charge in [-0.3, -0.25) is 4.79 Å². The van der Waals surface area contributed by atoms with Gasteiger partial charge in [0.2, 0.25) is 0 Å². The molecule has 3 heteroatoms. The second-order valence-electron chi connectivity index (χ2n) is 5.35. The zero-order valence-electron chi connectivity index (χ0n) is 11.3. The van der Waals surface area contributed by atoms with Crippen molar-refractivity contribution in [1.29, 1.82) is 0 Å². The average molecular weight is 333 g/mol. The molecule has 0 bridgehead atoms. The summed E-state index contributed by atoms with van der Waals surface area (Å²) in [5.74, 6) is 1.52. The van der Waals surface area contributed by atoms with E-state index in [9.17, 15) is 4.79 Å². The van der Waals surface area contributed by atoms with E-state index in [1.54, 1.807) is 0 Å². The quantitative estimate of drug-likeness (QED) is 0.808. The monoisotopic (exact) mass is 332 g/mol. The lowest BCUT2D eigenvalue weighted by molar-refractivity contribution is -0.121. The second kappa shape index (κ2) is 5.96. The van der Waals surface area contributed by atoms with E-state index in [1.165, 1.54) is 10.8 Å². The summed E-state index contributed by atoms with van der Waals surface area (Å²) in [7, 11) is 0. The number of fused-ring (bicyclic) bond motifs is 1. The van der Waals surface area contributed by atoms with E-state index in [-0.39, 0.29) is 5.92 Å². The Balaban J connectivity index is 1.63. The van der Waals surface area contributed by atoms with Crippen LogP contribution in [0.15, 0.2) is 40.9 Å². The minimum Gasteiger partial charge on any atom is -0.494 e. The van der Waals surface area contributed by atoms with Gasteiger partial charge in [0, 0.05) is 16.8 Å². The molecule has 1 saturated carbocycles. The Hall–Kier alpha value is -1.35. The number of halogens is 1. The topological polar surface area (TPSA) is 26.3 Å². The first-order valence-electron chi connectivity index (χ1n) is 7.07. The van der Waals surface area contributed by atoms with Crippen LogP contribution in [0.4, 0.5) is 0 Å². The predicted molar refractivity (Wildman–Crippen MR) is 84.1 cm³/mol. The standard InChI is InChI=1S/C17H17BrO2/c18-15-6-4-14-11-16(7-5-13(14)10-15)20-9-8-12-2-1-3-17(12)19/h4-7,10-12H,1-3,8-9H2. The van der Waals surface area contributed by atoms with Crippen LogP contribution in [0.2, 0.25) is 0 Å². The van der Waals surface area contributed by atoms with Crippen molar-refractivity contribution in [2.24, 2.45) is 5.92 Å². The van der Waals surface area contributed by atoms with Crippen LogP contribution in [0.5, 0.6) is 5.75 Å². The van der Waals surface area contributed by atoms with E-state index in [0.717, 1.165) is 35.9 Å². The first-order chi connectivity index (χ1) is 9.72. The number of ether oxygens (including phenoxy) is 1. The number of hydrogen-bond acceptors (Lipinski definition) is 2. The highest BCUT2D eigenvalue weighted by Crippen LogP contribution is 2.26. The highest BCUT2D eigenvalue weighted by atomic mass is 79.9. The Bertz CT molecular complexity index is 636. The minimum absolute atomic E-state index is 0.228. The number of Topliss-reactive ketones (excluding diaryl/α,β-unsaturated/α-hetero) is 1.